The molecule has 6 nitrogen and oxygen atoms in total. The summed E-state index contributed by atoms with van der Waals surface area (Å²) in [6.07, 6.45) is 5.64. The van der Waals surface area contributed by atoms with Gasteiger partial charge in [0.05, 0.1) is 12.7 Å². The first kappa shape index (κ1) is 20.4. The number of nitrogens with zero attached hydrogens (tertiary/aromatic N) is 1. The molecule has 1 aromatic rings. The van der Waals surface area contributed by atoms with Crippen LogP contribution in [0.3, 0.4) is 0 Å². The number of hydrogen-bond donors (Lipinski definition) is 1. The number of hydrogen-bond acceptors (Lipinski definition) is 4. The van der Waals surface area contributed by atoms with E-state index in [0.717, 1.165) is 50.7 Å². The predicted octanol–water partition coefficient (Wildman–Crippen LogP) is 3.04. The van der Waals surface area contributed by atoms with E-state index in [4.69, 9.17) is 9.47 Å². The molecule has 6 heteroatoms. The Morgan fingerprint density at radius 3 is 2.72 bits per heavy atom. The van der Waals surface area contributed by atoms with Crippen LogP contribution in [0.25, 0.3) is 0 Å². The molecule has 3 fully saturated rings. The fourth-order valence-corrected chi connectivity index (χ4v) is 4.83. The SMILES string of the molecule is Cc1cccc(C(=O)N2[C@H](C(=O)NC[C@H]3CCCO3)COC23CCC(C)CC3)c1. The molecule has 2 amide bonds. The molecule has 2 aliphatic heterocycles. The van der Waals surface area contributed by atoms with Crippen LogP contribution >= 0.6 is 0 Å². The molecule has 0 aromatic heterocycles. The number of benzene rings is 1. The lowest BCUT2D eigenvalue weighted by Gasteiger charge is -2.43. The molecule has 29 heavy (non-hydrogen) atoms. The van der Waals surface area contributed by atoms with E-state index in [0.29, 0.717) is 18.0 Å². The van der Waals surface area contributed by atoms with Crippen LogP contribution in [0.2, 0.25) is 0 Å². The summed E-state index contributed by atoms with van der Waals surface area (Å²) in [7, 11) is 0. The van der Waals surface area contributed by atoms with Gasteiger partial charge in [0.15, 0.2) is 0 Å². The average Bonchev–Trinajstić information content (AvgIpc) is 3.36. The first-order valence-electron chi connectivity index (χ1n) is 10.9. The Balaban J connectivity index is 1.56. The van der Waals surface area contributed by atoms with Crippen molar-refractivity contribution >= 4 is 11.8 Å². The van der Waals surface area contributed by atoms with Crippen molar-refractivity contribution in [1.82, 2.24) is 10.2 Å². The first-order chi connectivity index (χ1) is 14.0. The maximum absolute atomic E-state index is 13.6. The Hall–Kier alpha value is -1.92. The number of carbonyl (C=O) groups is 2. The van der Waals surface area contributed by atoms with Crippen molar-refractivity contribution < 1.29 is 19.1 Å². The third-order valence-electron chi connectivity index (χ3n) is 6.63. The summed E-state index contributed by atoms with van der Waals surface area (Å²) < 4.78 is 11.9. The molecule has 2 heterocycles. The van der Waals surface area contributed by atoms with Crippen LogP contribution < -0.4 is 5.32 Å². The molecular weight excluding hydrogens is 368 g/mol. The highest BCUT2D eigenvalue weighted by Crippen LogP contribution is 2.43. The summed E-state index contributed by atoms with van der Waals surface area (Å²) in [6, 6.07) is 6.98. The van der Waals surface area contributed by atoms with Gasteiger partial charge in [-0.3, -0.25) is 14.5 Å². The van der Waals surface area contributed by atoms with Gasteiger partial charge >= 0.3 is 0 Å². The lowest BCUT2D eigenvalue weighted by atomic mass is 9.83. The quantitative estimate of drug-likeness (QED) is 0.844. The van der Waals surface area contributed by atoms with Crippen molar-refractivity contribution in [2.45, 2.75) is 70.2 Å². The number of carbonyl (C=O) groups excluding carboxylic acids is 2. The molecular formula is C23H32N2O4. The summed E-state index contributed by atoms with van der Waals surface area (Å²) in [5.41, 5.74) is 0.978. The van der Waals surface area contributed by atoms with Crippen LogP contribution in [-0.4, -0.2) is 54.3 Å². The maximum atomic E-state index is 13.6. The maximum Gasteiger partial charge on any atom is 0.256 e. The van der Waals surface area contributed by atoms with Crippen molar-refractivity contribution in [3.8, 4) is 0 Å². The molecule has 1 spiro atoms. The largest absolute Gasteiger partial charge is 0.376 e. The van der Waals surface area contributed by atoms with E-state index in [-0.39, 0.29) is 24.5 Å². The molecule has 1 N–H and O–H groups in total. The zero-order valence-corrected chi connectivity index (χ0v) is 17.5. The van der Waals surface area contributed by atoms with Crippen molar-refractivity contribution in [2.75, 3.05) is 19.8 Å². The minimum Gasteiger partial charge on any atom is -0.376 e. The fraction of sp³-hybridized carbons (Fsp3) is 0.652. The number of aryl methyl sites for hydroxylation is 1. The van der Waals surface area contributed by atoms with Crippen LogP contribution in [0, 0.1) is 12.8 Å². The minimum atomic E-state index is -0.667. The van der Waals surface area contributed by atoms with Gasteiger partial charge in [0.1, 0.15) is 11.8 Å². The molecule has 0 bridgehead atoms. The number of rotatable bonds is 4. The third kappa shape index (κ3) is 4.19. The van der Waals surface area contributed by atoms with E-state index in [1.807, 2.05) is 31.2 Å². The molecule has 0 unspecified atom stereocenters. The van der Waals surface area contributed by atoms with Crippen molar-refractivity contribution in [1.29, 1.82) is 0 Å². The Bertz CT molecular complexity index is 751. The van der Waals surface area contributed by atoms with Gasteiger partial charge in [-0.2, -0.15) is 0 Å². The topological polar surface area (TPSA) is 67.9 Å². The molecule has 3 aliphatic rings. The second kappa shape index (κ2) is 8.44. The molecule has 1 aromatic carbocycles. The Labute approximate surface area is 172 Å². The number of nitrogens with one attached hydrogen (secondary N) is 1. The van der Waals surface area contributed by atoms with Crippen molar-refractivity contribution in [3.63, 3.8) is 0 Å². The van der Waals surface area contributed by atoms with E-state index in [2.05, 4.69) is 12.2 Å². The Morgan fingerprint density at radius 2 is 2.03 bits per heavy atom. The molecule has 2 saturated heterocycles. The van der Waals surface area contributed by atoms with Gasteiger partial charge in [0, 0.05) is 18.7 Å². The molecule has 1 aliphatic carbocycles. The summed E-state index contributed by atoms with van der Waals surface area (Å²) in [4.78, 5) is 28.4. The molecule has 0 radical (unpaired) electrons. The minimum absolute atomic E-state index is 0.0756. The third-order valence-corrected chi connectivity index (χ3v) is 6.63. The van der Waals surface area contributed by atoms with Gasteiger partial charge in [0.2, 0.25) is 5.91 Å². The normalized spacial score (nSPS) is 31.9. The molecule has 1 saturated carbocycles. The highest BCUT2D eigenvalue weighted by Gasteiger charge is 2.53. The highest BCUT2D eigenvalue weighted by molar-refractivity contribution is 5.98. The van der Waals surface area contributed by atoms with Crippen LogP contribution in [-0.2, 0) is 14.3 Å². The van der Waals surface area contributed by atoms with Gasteiger partial charge in [0.25, 0.3) is 5.91 Å². The smallest absolute Gasteiger partial charge is 0.256 e. The van der Waals surface area contributed by atoms with Gasteiger partial charge in [-0.1, -0.05) is 24.6 Å². The summed E-state index contributed by atoms with van der Waals surface area (Å²) >= 11 is 0. The average molecular weight is 401 g/mol. The lowest BCUT2D eigenvalue weighted by molar-refractivity contribution is -0.128. The molecule has 2 atom stereocenters. The van der Waals surface area contributed by atoms with Gasteiger partial charge in [-0.25, -0.2) is 0 Å². The zero-order chi connectivity index (χ0) is 20.4. The molecule has 158 valence electrons. The second-order valence-electron chi connectivity index (χ2n) is 8.88. The molecule has 4 rings (SSSR count). The fourth-order valence-electron chi connectivity index (χ4n) is 4.83. The van der Waals surface area contributed by atoms with Crippen LogP contribution in [0.15, 0.2) is 24.3 Å². The van der Waals surface area contributed by atoms with E-state index in [1.165, 1.54) is 0 Å². The Morgan fingerprint density at radius 1 is 1.24 bits per heavy atom. The van der Waals surface area contributed by atoms with Crippen molar-refractivity contribution in [2.24, 2.45) is 5.92 Å². The summed E-state index contributed by atoms with van der Waals surface area (Å²) in [6.45, 7) is 5.71. The Kier molecular flexibility index (Phi) is 5.93. The van der Waals surface area contributed by atoms with Crippen molar-refractivity contribution in [3.05, 3.63) is 35.4 Å². The standard InChI is InChI=1S/C23H32N2O4/c1-16-8-10-23(11-9-16)25(22(27)18-6-3-5-17(2)13-18)20(15-29-23)21(26)24-14-19-7-4-12-28-19/h3,5-6,13,16,19-20H,4,7-12,14-15H2,1-2H3,(H,24,26)/t16?,19-,20+,23?/m1/s1. The monoisotopic (exact) mass is 400 g/mol. The van der Waals surface area contributed by atoms with E-state index in [1.54, 1.807) is 4.90 Å². The number of amides is 2. The summed E-state index contributed by atoms with van der Waals surface area (Å²) in [5, 5.41) is 3.01. The van der Waals surface area contributed by atoms with Gasteiger partial charge < -0.3 is 14.8 Å². The van der Waals surface area contributed by atoms with E-state index < -0.39 is 11.8 Å². The predicted molar refractivity (Wildman–Crippen MR) is 109 cm³/mol. The van der Waals surface area contributed by atoms with Gasteiger partial charge in [-0.15, -0.1) is 0 Å². The highest BCUT2D eigenvalue weighted by atomic mass is 16.5. The van der Waals surface area contributed by atoms with E-state index >= 15 is 0 Å². The summed E-state index contributed by atoms with van der Waals surface area (Å²) in [5.74, 6) is 0.363. The second-order valence-corrected chi connectivity index (χ2v) is 8.88. The zero-order valence-electron chi connectivity index (χ0n) is 17.5. The van der Waals surface area contributed by atoms with Crippen LogP contribution in [0.4, 0.5) is 0 Å². The van der Waals surface area contributed by atoms with E-state index in [9.17, 15) is 9.59 Å². The van der Waals surface area contributed by atoms with Crippen LogP contribution in [0.1, 0.15) is 61.4 Å². The van der Waals surface area contributed by atoms with Gasteiger partial charge in [-0.05, 0) is 63.5 Å². The first-order valence-corrected chi connectivity index (χ1v) is 10.9. The van der Waals surface area contributed by atoms with Crippen LogP contribution in [0.5, 0.6) is 0 Å². The lowest BCUT2D eigenvalue weighted by Crippen LogP contribution is -2.57. The number of ether oxygens (including phenoxy) is 2.